The van der Waals surface area contributed by atoms with E-state index in [1.807, 2.05) is 45.9 Å². The molecule has 0 heterocycles. The van der Waals surface area contributed by atoms with E-state index in [1.165, 1.54) is 0 Å². The molecule has 28 heavy (non-hydrogen) atoms. The second kappa shape index (κ2) is 7.87. The fourth-order valence-corrected chi connectivity index (χ4v) is 5.52. The Labute approximate surface area is 166 Å². The molecule has 3 rings (SSSR count). The smallest absolute Gasteiger partial charge is 0.259 e. The molecule has 0 fully saturated rings. The molecule has 0 aliphatic heterocycles. The summed E-state index contributed by atoms with van der Waals surface area (Å²) in [6.45, 7) is 7.78. The average Bonchev–Trinajstić information content (AvgIpc) is 2.67. The summed E-state index contributed by atoms with van der Waals surface area (Å²) < 4.78 is 13.5. The van der Waals surface area contributed by atoms with Crippen LogP contribution < -0.4 is 10.6 Å². The van der Waals surface area contributed by atoms with Crippen LogP contribution in [0.4, 0.5) is 0 Å². The summed E-state index contributed by atoms with van der Waals surface area (Å²) in [6.07, 6.45) is 0.605. The Hall–Kier alpha value is -2.48. The predicted molar refractivity (Wildman–Crippen MR) is 115 cm³/mol. The van der Waals surface area contributed by atoms with Crippen LogP contribution in [0.5, 0.6) is 0 Å². The van der Waals surface area contributed by atoms with Crippen molar-refractivity contribution in [2.45, 2.75) is 34.1 Å². The molecule has 0 spiro atoms. The lowest BCUT2D eigenvalue weighted by Crippen LogP contribution is -2.25. The maximum atomic E-state index is 13.6. The van der Waals surface area contributed by atoms with E-state index in [2.05, 4.69) is 0 Å². The summed E-state index contributed by atoms with van der Waals surface area (Å²) >= 11 is 0. The van der Waals surface area contributed by atoms with Crippen LogP contribution in [0.1, 0.15) is 45.1 Å². The van der Waals surface area contributed by atoms with Gasteiger partial charge in [0.25, 0.3) is 7.37 Å². The van der Waals surface area contributed by atoms with Crippen molar-refractivity contribution in [3.05, 3.63) is 94.0 Å². The normalized spacial score (nSPS) is 13.2. The van der Waals surface area contributed by atoms with Crippen molar-refractivity contribution in [2.75, 3.05) is 0 Å². The lowest BCUT2D eigenvalue weighted by Gasteiger charge is -2.20. The lowest BCUT2D eigenvalue weighted by atomic mass is 9.90. The number of benzene rings is 3. The molecule has 4 heteroatoms. The molecule has 3 aromatic rings. The van der Waals surface area contributed by atoms with Crippen molar-refractivity contribution < 1.29 is 14.3 Å². The minimum Gasteiger partial charge on any atom is -0.338 e. The minimum absolute atomic E-state index is 0.187. The highest BCUT2D eigenvalue weighted by molar-refractivity contribution is 7.73. The molecule has 1 N–H and O–H groups in total. The Morgan fingerprint density at radius 3 is 2.07 bits per heavy atom. The zero-order valence-electron chi connectivity index (χ0n) is 16.7. The SMILES string of the molecule is CCc1cccc(P(=O)(O)c2ccccc2)c1C(=O)c1c(C)cc(C)cc1C. The molecule has 0 aliphatic carbocycles. The monoisotopic (exact) mass is 392 g/mol. The first kappa shape index (κ1) is 20.3. The minimum atomic E-state index is -3.91. The van der Waals surface area contributed by atoms with E-state index >= 15 is 0 Å². The Morgan fingerprint density at radius 2 is 1.50 bits per heavy atom. The van der Waals surface area contributed by atoms with Gasteiger partial charge >= 0.3 is 0 Å². The van der Waals surface area contributed by atoms with Crippen molar-refractivity contribution in [3.63, 3.8) is 0 Å². The fraction of sp³-hybridized carbons (Fsp3) is 0.208. The van der Waals surface area contributed by atoms with Gasteiger partial charge in [0.1, 0.15) is 0 Å². The molecular weight excluding hydrogens is 367 g/mol. The van der Waals surface area contributed by atoms with Gasteiger partial charge in [-0.15, -0.1) is 0 Å². The van der Waals surface area contributed by atoms with Gasteiger partial charge in [0, 0.05) is 16.4 Å². The van der Waals surface area contributed by atoms with Gasteiger partial charge in [-0.2, -0.15) is 0 Å². The van der Waals surface area contributed by atoms with Gasteiger partial charge in [0.15, 0.2) is 5.78 Å². The molecule has 1 unspecified atom stereocenters. The molecule has 144 valence electrons. The maximum Gasteiger partial charge on any atom is 0.259 e. The number of hydrogen-bond acceptors (Lipinski definition) is 2. The van der Waals surface area contributed by atoms with Crippen molar-refractivity contribution in [2.24, 2.45) is 0 Å². The number of carbonyl (C=O) groups is 1. The van der Waals surface area contributed by atoms with Gasteiger partial charge in [0.05, 0.1) is 5.30 Å². The van der Waals surface area contributed by atoms with E-state index < -0.39 is 7.37 Å². The van der Waals surface area contributed by atoms with Crippen molar-refractivity contribution in [3.8, 4) is 0 Å². The third-order valence-electron chi connectivity index (χ3n) is 5.07. The van der Waals surface area contributed by atoms with Crippen molar-refractivity contribution >= 4 is 23.8 Å². The van der Waals surface area contributed by atoms with Crippen LogP contribution in [-0.4, -0.2) is 10.7 Å². The molecule has 1 atom stereocenters. The summed E-state index contributed by atoms with van der Waals surface area (Å²) in [5.74, 6) is -0.187. The van der Waals surface area contributed by atoms with Gasteiger partial charge < -0.3 is 4.89 Å². The molecule has 0 amide bonds. The number of rotatable bonds is 5. The number of ketones is 1. The van der Waals surface area contributed by atoms with Gasteiger partial charge in [-0.1, -0.05) is 55.0 Å². The van der Waals surface area contributed by atoms with E-state index in [0.717, 1.165) is 22.3 Å². The Kier molecular flexibility index (Phi) is 5.69. The van der Waals surface area contributed by atoms with E-state index in [4.69, 9.17) is 0 Å². The van der Waals surface area contributed by atoms with Crippen LogP contribution in [0, 0.1) is 20.8 Å². The third kappa shape index (κ3) is 3.61. The van der Waals surface area contributed by atoms with Gasteiger partial charge in [-0.05, 0) is 62.1 Å². The van der Waals surface area contributed by atoms with Gasteiger partial charge in [-0.3, -0.25) is 9.36 Å². The van der Waals surface area contributed by atoms with Crippen LogP contribution in [0.25, 0.3) is 0 Å². The van der Waals surface area contributed by atoms with Crippen LogP contribution in [0.3, 0.4) is 0 Å². The predicted octanol–water partition coefficient (Wildman–Crippen LogP) is 4.63. The van der Waals surface area contributed by atoms with Crippen LogP contribution in [0.2, 0.25) is 0 Å². The molecule has 0 saturated heterocycles. The average molecular weight is 392 g/mol. The molecule has 0 saturated carbocycles. The second-order valence-corrected chi connectivity index (χ2v) is 9.33. The summed E-state index contributed by atoms with van der Waals surface area (Å²) in [4.78, 5) is 24.7. The second-order valence-electron chi connectivity index (χ2n) is 7.18. The number of hydrogen-bond donors (Lipinski definition) is 1. The molecule has 0 aromatic heterocycles. The first-order chi connectivity index (χ1) is 13.3. The highest BCUT2D eigenvalue weighted by Crippen LogP contribution is 2.40. The van der Waals surface area contributed by atoms with E-state index in [-0.39, 0.29) is 11.1 Å². The summed E-state index contributed by atoms with van der Waals surface area (Å²) in [7, 11) is -3.91. The quantitative estimate of drug-likeness (QED) is 0.509. The maximum absolute atomic E-state index is 13.6. The molecule has 0 radical (unpaired) electrons. The molecule has 0 bridgehead atoms. The first-order valence-electron chi connectivity index (χ1n) is 9.40. The summed E-state index contributed by atoms with van der Waals surface area (Å²) in [5.41, 5.74) is 4.61. The van der Waals surface area contributed by atoms with Crippen LogP contribution in [-0.2, 0) is 11.0 Å². The molecule has 3 nitrogen and oxygen atoms in total. The topological polar surface area (TPSA) is 54.4 Å². The van der Waals surface area contributed by atoms with Gasteiger partial charge in [-0.25, -0.2) is 0 Å². The van der Waals surface area contributed by atoms with Crippen LogP contribution >= 0.6 is 7.37 Å². The van der Waals surface area contributed by atoms with E-state index in [1.54, 1.807) is 42.5 Å². The third-order valence-corrected chi connectivity index (χ3v) is 7.10. The van der Waals surface area contributed by atoms with Gasteiger partial charge in [0.2, 0.25) is 0 Å². The highest BCUT2D eigenvalue weighted by atomic mass is 31.2. The molecule has 0 aliphatic rings. The van der Waals surface area contributed by atoms with Crippen molar-refractivity contribution in [1.82, 2.24) is 0 Å². The highest BCUT2D eigenvalue weighted by Gasteiger charge is 2.31. The first-order valence-corrected chi connectivity index (χ1v) is 11.1. The Bertz CT molecular complexity index is 1060. The van der Waals surface area contributed by atoms with Crippen LogP contribution in [0.15, 0.2) is 60.7 Å². The fourth-order valence-electron chi connectivity index (χ4n) is 3.83. The standard InChI is InChI=1S/C24H25O3P/c1-5-19-10-9-13-21(28(26,27)20-11-7-6-8-12-20)23(19)24(25)22-17(3)14-16(2)15-18(22)4/h6-15H,5H2,1-4H3,(H,26,27). The zero-order chi connectivity index (χ0) is 20.5. The molecule has 3 aromatic carbocycles. The van der Waals surface area contributed by atoms with E-state index in [0.29, 0.717) is 22.9 Å². The zero-order valence-corrected chi connectivity index (χ0v) is 17.6. The number of aryl methyl sites for hydroxylation is 4. The molecular formula is C24H25O3P. The Balaban J connectivity index is 2.28. The Morgan fingerprint density at radius 1 is 0.893 bits per heavy atom. The summed E-state index contributed by atoms with van der Waals surface area (Å²) in [5, 5.41) is 0.539. The summed E-state index contributed by atoms with van der Waals surface area (Å²) in [6, 6.07) is 17.7. The largest absolute Gasteiger partial charge is 0.338 e. The lowest BCUT2D eigenvalue weighted by molar-refractivity contribution is 0.103. The number of carbonyl (C=O) groups excluding carboxylic acids is 1. The van der Waals surface area contributed by atoms with E-state index in [9.17, 15) is 14.3 Å². The van der Waals surface area contributed by atoms with Crippen molar-refractivity contribution in [1.29, 1.82) is 0 Å².